The van der Waals surface area contributed by atoms with Gasteiger partial charge in [0.25, 0.3) is 5.91 Å². The first-order chi connectivity index (χ1) is 9.27. The summed E-state index contributed by atoms with van der Waals surface area (Å²) in [4.78, 5) is 11.5. The van der Waals surface area contributed by atoms with Crippen molar-refractivity contribution in [1.29, 1.82) is 0 Å². The highest BCUT2D eigenvalue weighted by Crippen LogP contribution is 2.03. The molecule has 100 valence electrons. The van der Waals surface area contributed by atoms with E-state index >= 15 is 0 Å². The normalized spacial score (nSPS) is 10.4. The van der Waals surface area contributed by atoms with Gasteiger partial charge in [-0.25, -0.2) is 4.39 Å². The van der Waals surface area contributed by atoms with Crippen LogP contribution in [0.5, 0.6) is 0 Å². The van der Waals surface area contributed by atoms with Crippen molar-refractivity contribution in [3.63, 3.8) is 0 Å². The molecule has 0 unspecified atom stereocenters. The molecule has 0 bridgehead atoms. The standard InChI is InChI=1S/C14H15FN2O2/c15-12-5-2-1-4-11(12)10-16-7-8-17-14(18)13-6-3-9-19-13/h1-6,9,16H,7-8,10H2,(H,17,18)/p+1. The predicted octanol–water partition coefficient (Wildman–Crippen LogP) is 0.912. The SMILES string of the molecule is O=C(NCC[NH2+]Cc1ccccc1F)c1ccco1. The van der Waals surface area contributed by atoms with Gasteiger partial charge in [0.2, 0.25) is 0 Å². The molecule has 0 saturated carbocycles. The van der Waals surface area contributed by atoms with Crippen LogP contribution in [0.4, 0.5) is 4.39 Å². The Labute approximate surface area is 110 Å². The Balaban J connectivity index is 1.65. The van der Waals surface area contributed by atoms with Gasteiger partial charge >= 0.3 is 0 Å². The smallest absolute Gasteiger partial charge is 0.287 e. The summed E-state index contributed by atoms with van der Waals surface area (Å²) < 4.78 is 18.3. The first kappa shape index (κ1) is 13.3. The van der Waals surface area contributed by atoms with Crippen molar-refractivity contribution in [1.82, 2.24) is 5.32 Å². The molecule has 2 rings (SSSR count). The summed E-state index contributed by atoms with van der Waals surface area (Å²) in [7, 11) is 0. The van der Waals surface area contributed by atoms with Crippen LogP contribution in [0, 0.1) is 5.82 Å². The molecule has 1 amide bonds. The molecule has 19 heavy (non-hydrogen) atoms. The van der Waals surface area contributed by atoms with Crippen LogP contribution in [0.15, 0.2) is 47.1 Å². The van der Waals surface area contributed by atoms with E-state index in [0.29, 0.717) is 31.0 Å². The van der Waals surface area contributed by atoms with Gasteiger partial charge in [-0.1, -0.05) is 18.2 Å². The molecule has 3 N–H and O–H groups in total. The highest BCUT2D eigenvalue weighted by Gasteiger charge is 2.07. The van der Waals surface area contributed by atoms with Crippen molar-refractivity contribution >= 4 is 5.91 Å². The summed E-state index contributed by atoms with van der Waals surface area (Å²) >= 11 is 0. The highest BCUT2D eigenvalue weighted by atomic mass is 19.1. The number of carbonyl (C=O) groups excluding carboxylic acids is 1. The predicted molar refractivity (Wildman–Crippen MR) is 67.9 cm³/mol. The van der Waals surface area contributed by atoms with Crippen LogP contribution in [0.2, 0.25) is 0 Å². The molecule has 2 aromatic rings. The Kier molecular flexibility index (Phi) is 4.69. The van der Waals surface area contributed by atoms with E-state index in [1.165, 1.54) is 12.3 Å². The molecule has 0 aliphatic heterocycles. The number of carbonyl (C=O) groups is 1. The molecule has 1 heterocycles. The van der Waals surface area contributed by atoms with E-state index in [2.05, 4.69) is 5.32 Å². The average molecular weight is 263 g/mol. The lowest BCUT2D eigenvalue weighted by molar-refractivity contribution is -0.669. The van der Waals surface area contributed by atoms with E-state index in [-0.39, 0.29) is 11.7 Å². The second-order valence-electron chi connectivity index (χ2n) is 4.11. The fraction of sp³-hybridized carbons (Fsp3) is 0.214. The van der Waals surface area contributed by atoms with Crippen molar-refractivity contribution in [3.05, 3.63) is 59.8 Å². The summed E-state index contributed by atoms with van der Waals surface area (Å²) in [5, 5.41) is 4.67. The molecule has 0 aliphatic carbocycles. The molecule has 5 heteroatoms. The third kappa shape index (κ3) is 3.93. The topological polar surface area (TPSA) is 58.9 Å². The van der Waals surface area contributed by atoms with Gasteiger partial charge < -0.3 is 15.1 Å². The molecule has 1 aromatic carbocycles. The zero-order chi connectivity index (χ0) is 13.5. The van der Waals surface area contributed by atoms with Gasteiger partial charge in [-0.2, -0.15) is 0 Å². The number of nitrogens with one attached hydrogen (secondary N) is 1. The number of amides is 1. The van der Waals surface area contributed by atoms with Gasteiger partial charge in [0.1, 0.15) is 12.4 Å². The van der Waals surface area contributed by atoms with Crippen molar-refractivity contribution in [2.75, 3.05) is 13.1 Å². The summed E-state index contributed by atoms with van der Waals surface area (Å²) in [5.41, 5.74) is 0.667. The zero-order valence-electron chi connectivity index (χ0n) is 10.4. The quantitative estimate of drug-likeness (QED) is 0.761. The van der Waals surface area contributed by atoms with Crippen LogP contribution < -0.4 is 10.6 Å². The number of quaternary nitrogens is 1. The van der Waals surface area contributed by atoms with Gasteiger partial charge in [-0.3, -0.25) is 4.79 Å². The molecular formula is C14H16FN2O2+. The molecule has 0 saturated heterocycles. The number of furan rings is 1. The molecular weight excluding hydrogens is 247 g/mol. The van der Waals surface area contributed by atoms with Crippen molar-refractivity contribution < 1.29 is 18.9 Å². The number of benzene rings is 1. The van der Waals surface area contributed by atoms with Gasteiger partial charge in [-0.05, 0) is 18.2 Å². The average Bonchev–Trinajstić information content (AvgIpc) is 2.94. The monoisotopic (exact) mass is 263 g/mol. The molecule has 0 aliphatic rings. The zero-order valence-corrected chi connectivity index (χ0v) is 10.4. The van der Waals surface area contributed by atoms with Gasteiger partial charge in [-0.15, -0.1) is 0 Å². The number of halogens is 1. The Morgan fingerprint density at radius 2 is 2.11 bits per heavy atom. The fourth-order valence-corrected chi connectivity index (χ4v) is 1.70. The van der Waals surface area contributed by atoms with Crippen LogP contribution in [-0.2, 0) is 6.54 Å². The van der Waals surface area contributed by atoms with Crippen LogP contribution in [0.1, 0.15) is 16.1 Å². The second-order valence-corrected chi connectivity index (χ2v) is 4.11. The fourth-order valence-electron chi connectivity index (χ4n) is 1.70. The number of nitrogens with two attached hydrogens (primary N) is 1. The first-order valence-corrected chi connectivity index (χ1v) is 6.14. The number of hydrogen-bond acceptors (Lipinski definition) is 2. The maximum atomic E-state index is 13.3. The summed E-state index contributed by atoms with van der Waals surface area (Å²) in [6.07, 6.45) is 1.46. The van der Waals surface area contributed by atoms with Crippen molar-refractivity contribution in [3.8, 4) is 0 Å². The maximum Gasteiger partial charge on any atom is 0.287 e. The summed E-state index contributed by atoms with van der Waals surface area (Å²) in [6.45, 7) is 1.75. The lowest BCUT2D eigenvalue weighted by Gasteiger charge is -2.04. The molecule has 0 radical (unpaired) electrons. The van der Waals surface area contributed by atoms with E-state index in [1.807, 2.05) is 11.4 Å². The van der Waals surface area contributed by atoms with E-state index in [9.17, 15) is 9.18 Å². The third-order valence-electron chi connectivity index (χ3n) is 2.70. The Bertz CT molecular complexity index is 526. The van der Waals surface area contributed by atoms with Crippen molar-refractivity contribution in [2.45, 2.75) is 6.54 Å². The van der Waals surface area contributed by atoms with E-state index in [0.717, 1.165) is 0 Å². The number of rotatable bonds is 6. The Morgan fingerprint density at radius 3 is 2.84 bits per heavy atom. The Hall–Kier alpha value is -2.14. The van der Waals surface area contributed by atoms with Crippen LogP contribution in [0.3, 0.4) is 0 Å². The number of hydrogen-bond donors (Lipinski definition) is 2. The summed E-state index contributed by atoms with van der Waals surface area (Å²) in [6, 6.07) is 9.96. The van der Waals surface area contributed by atoms with Gasteiger partial charge in [0.05, 0.1) is 19.4 Å². The van der Waals surface area contributed by atoms with Crippen LogP contribution in [-0.4, -0.2) is 19.0 Å². The van der Waals surface area contributed by atoms with Crippen molar-refractivity contribution in [2.24, 2.45) is 0 Å². The van der Waals surface area contributed by atoms with E-state index in [1.54, 1.807) is 24.3 Å². The minimum Gasteiger partial charge on any atom is -0.459 e. The largest absolute Gasteiger partial charge is 0.459 e. The van der Waals surface area contributed by atoms with Crippen LogP contribution >= 0.6 is 0 Å². The molecule has 4 nitrogen and oxygen atoms in total. The van der Waals surface area contributed by atoms with E-state index in [4.69, 9.17) is 4.42 Å². The van der Waals surface area contributed by atoms with Crippen LogP contribution in [0.25, 0.3) is 0 Å². The molecule has 0 spiro atoms. The third-order valence-corrected chi connectivity index (χ3v) is 2.70. The summed E-state index contributed by atoms with van der Waals surface area (Å²) in [5.74, 6) is -0.128. The minimum absolute atomic E-state index is 0.196. The lowest BCUT2D eigenvalue weighted by atomic mass is 10.2. The van der Waals surface area contributed by atoms with E-state index < -0.39 is 0 Å². The maximum absolute atomic E-state index is 13.3. The first-order valence-electron chi connectivity index (χ1n) is 6.14. The highest BCUT2D eigenvalue weighted by molar-refractivity contribution is 5.91. The molecule has 0 atom stereocenters. The minimum atomic E-state index is -0.232. The second kappa shape index (κ2) is 6.70. The van der Waals surface area contributed by atoms with Gasteiger partial charge in [0.15, 0.2) is 5.76 Å². The lowest BCUT2D eigenvalue weighted by Crippen LogP contribution is -2.84. The molecule has 1 aromatic heterocycles. The Morgan fingerprint density at radius 1 is 1.26 bits per heavy atom. The van der Waals surface area contributed by atoms with Gasteiger partial charge in [0, 0.05) is 5.56 Å². The molecule has 0 fully saturated rings.